The Morgan fingerprint density at radius 3 is 2.53 bits per heavy atom. The van der Waals surface area contributed by atoms with E-state index in [1.54, 1.807) is 0 Å². The molecule has 15 heavy (non-hydrogen) atoms. The van der Waals surface area contributed by atoms with Gasteiger partial charge in [0, 0.05) is 0 Å². The topological polar surface area (TPSA) is 20.2 Å². The molecule has 2 rings (SSSR count). The zero-order valence-electron chi connectivity index (χ0n) is 9.83. The van der Waals surface area contributed by atoms with Crippen molar-refractivity contribution in [3.8, 4) is 0 Å². The van der Waals surface area contributed by atoms with Crippen molar-refractivity contribution in [2.24, 2.45) is 5.92 Å². The summed E-state index contributed by atoms with van der Waals surface area (Å²) in [7, 11) is 0. The lowest BCUT2D eigenvalue weighted by atomic mass is 9.66. The summed E-state index contributed by atoms with van der Waals surface area (Å²) in [6.45, 7) is 6.47. The quantitative estimate of drug-likeness (QED) is 0.784. The predicted molar refractivity (Wildman–Crippen MR) is 63.1 cm³/mol. The summed E-state index contributed by atoms with van der Waals surface area (Å²) in [5.41, 5.74) is 4.13. The van der Waals surface area contributed by atoms with Gasteiger partial charge in [-0.2, -0.15) is 0 Å². The Hall–Kier alpha value is -0.820. The third-order valence-corrected chi connectivity index (χ3v) is 3.94. The van der Waals surface area contributed by atoms with Crippen LogP contribution in [0.2, 0.25) is 0 Å². The van der Waals surface area contributed by atoms with Crippen molar-refractivity contribution < 1.29 is 5.11 Å². The lowest BCUT2D eigenvalue weighted by Gasteiger charge is -2.42. The highest BCUT2D eigenvalue weighted by Crippen LogP contribution is 2.44. The van der Waals surface area contributed by atoms with Crippen molar-refractivity contribution in [2.45, 2.75) is 45.6 Å². The Morgan fingerprint density at radius 2 is 2.00 bits per heavy atom. The van der Waals surface area contributed by atoms with E-state index in [4.69, 9.17) is 0 Å². The second-order valence-electron chi connectivity index (χ2n) is 4.83. The average Bonchev–Trinajstić information content (AvgIpc) is 2.19. The normalized spacial score (nSPS) is 30.0. The first-order valence-electron chi connectivity index (χ1n) is 5.88. The molecule has 3 unspecified atom stereocenters. The van der Waals surface area contributed by atoms with Crippen LogP contribution in [-0.2, 0) is 0 Å². The van der Waals surface area contributed by atoms with Crippen LogP contribution < -0.4 is 0 Å². The molecule has 1 N–H and O–H groups in total. The summed E-state index contributed by atoms with van der Waals surface area (Å²) in [4.78, 5) is 0. The van der Waals surface area contributed by atoms with E-state index >= 15 is 0 Å². The minimum atomic E-state index is -0.0680. The minimum Gasteiger partial charge on any atom is -0.393 e. The van der Waals surface area contributed by atoms with Gasteiger partial charge in [0.1, 0.15) is 0 Å². The van der Waals surface area contributed by atoms with Gasteiger partial charge in [-0.25, -0.2) is 0 Å². The summed E-state index contributed by atoms with van der Waals surface area (Å²) in [5.74, 6) is 1.07. The van der Waals surface area contributed by atoms with Crippen molar-refractivity contribution in [2.75, 3.05) is 0 Å². The summed E-state index contributed by atoms with van der Waals surface area (Å²) < 4.78 is 0. The Morgan fingerprint density at radius 1 is 1.27 bits per heavy atom. The van der Waals surface area contributed by atoms with Crippen LogP contribution in [0.1, 0.15) is 42.4 Å². The molecule has 1 aromatic carbocycles. The largest absolute Gasteiger partial charge is 0.393 e. The summed E-state index contributed by atoms with van der Waals surface area (Å²) >= 11 is 0. The van der Waals surface area contributed by atoms with E-state index in [1.807, 2.05) is 0 Å². The van der Waals surface area contributed by atoms with Crippen molar-refractivity contribution >= 4 is 0 Å². The average molecular weight is 204 g/mol. The highest BCUT2D eigenvalue weighted by atomic mass is 16.3. The third kappa shape index (κ3) is 1.81. The van der Waals surface area contributed by atoms with Crippen LogP contribution in [0.15, 0.2) is 18.2 Å². The zero-order chi connectivity index (χ0) is 11.0. The lowest BCUT2D eigenvalue weighted by molar-refractivity contribution is -0.000744. The molecule has 1 aliphatic rings. The molecule has 1 heteroatoms. The van der Waals surface area contributed by atoms with Gasteiger partial charge >= 0.3 is 0 Å². The number of benzene rings is 1. The van der Waals surface area contributed by atoms with Gasteiger partial charge in [-0.15, -0.1) is 0 Å². The van der Waals surface area contributed by atoms with Crippen LogP contribution >= 0.6 is 0 Å². The second-order valence-corrected chi connectivity index (χ2v) is 4.83. The fraction of sp³-hybridized carbons (Fsp3) is 0.571. The molecule has 1 aliphatic carbocycles. The van der Waals surface area contributed by atoms with Gasteiger partial charge in [-0.05, 0) is 48.8 Å². The van der Waals surface area contributed by atoms with Gasteiger partial charge < -0.3 is 5.11 Å². The first-order chi connectivity index (χ1) is 7.13. The fourth-order valence-electron chi connectivity index (χ4n) is 2.62. The molecule has 0 radical (unpaired) electrons. The lowest BCUT2D eigenvalue weighted by Crippen LogP contribution is -2.39. The van der Waals surface area contributed by atoms with E-state index in [1.165, 1.54) is 16.7 Å². The highest BCUT2D eigenvalue weighted by molar-refractivity contribution is 5.33. The van der Waals surface area contributed by atoms with Crippen molar-refractivity contribution in [1.29, 1.82) is 0 Å². The van der Waals surface area contributed by atoms with E-state index in [9.17, 15) is 5.11 Å². The van der Waals surface area contributed by atoms with E-state index in [0.717, 1.165) is 12.8 Å². The number of aliphatic hydroxyl groups excluding tert-OH is 1. The zero-order valence-corrected chi connectivity index (χ0v) is 9.83. The third-order valence-electron chi connectivity index (χ3n) is 3.94. The molecule has 0 aliphatic heterocycles. The maximum Gasteiger partial charge on any atom is 0.0580 e. The van der Waals surface area contributed by atoms with Crippen molar-refractivity contribution in [3.05, 3.63) is 34.9 Å². The van der Waals surface area contributed by atoms with E-state index < -0.39 is 0 Å². The van der Waals surface area contributed by atoms with Gasteiger partial charge in [0.25, 0.3) is 0 Å². The van der Waals surface area contributed by atoms with Gasteiger partial charge in [-0.3, -0.25) is 0 Å². The van der Waals surface area contributed by atoms with Crippen LogP contribution in [0.25, 0.3) is 0 Å². The summed E-state index contributed by atoms with van der Waals surface area (Å²) in [6, 6.07) is 6.71. The molecule has 0 bridgehead atoms. The number of hydrogen-bond donors (Lipinski definition) is 1. The van der Waals surface area contributed by atoms with Gasteiger partial charge in [0.2, 0.25) is 0 Å². The number of aryl methyl sites for hydroxylation is 2. The van der Waals surface area contributed by atoms with Crippen molar-refractivity contribution in [1.82, 2.24) is 0 Å². The minimum absolute atomic E-state index is 0.0680. The Balaban J connectivity index is 2.20. The molecule has 0 spiro atoms. The summed E-state index contributed by atoms with van der Waals surface area (Å²) in [5, 5.41) is 9.66. The van der Waals surface area contributed by atoms with Crippen molar-refractivity contribution in [3.63, 3.8) is 0 Å². The van der Waals surface area contributed by atoms with Crippen LogP contribution in [0.5, 0.6) is 0 Å². The standard InChI is InChI=1S/C14H20O/c1-4-12-13(8-14(12)15)11-6-5-9(2)10(3)7-11/h5-7,12-15H,4,8H2,1-3H3. The van der Waals surface area contributed by atoms with Crippen LogP contribution in [0.4, 0.5) is 0 Å². The molecule has 1 aromatic rings. The molecule has 1 fully saturated rings. The Bertz CT molecular complexity index is 356. The first kappa shape index (κ1) is 10.7. The molecule has 0 heterocycles. The number of hydrogen-bond acceptors (Lipinski definition) is 1. The molecule has 1 nitrogen and oxygen atoms in total. The highest BCUT2D eigenvalue weighted by Gasteiger charge is 2.39. The van der Waals surface area contributed by atoms with Gasteiger partial charge in [-0.1, -0.05) is 31.5 Å². The molecule has 82 valence electrons. The van der Waals surface area contributed by atoms with Crippen LogP contribution in [0.3, 0.4) is 0 Å². The van der Waals surface area contributed by atoms with E-state index in [-0.39, 0.29) is 6.10 Å². The Kier molecular flexibility index (Phi) is 2.83. The molecule has 0 amide bonds. The number of rotatable bonds is 2. The molecule has 1 saturated carbocycles. The second kappa shape index (κ2) is 3.97. The van der Waals surface area contributed by atoms with Crippen LogP contribution in [-0.4, -0.2) is 11.2 Å². The molecule has 3 atom stereocenters. The number of aliphatic hydroxyl groups is 1. The summed E-state index contributed by atoms with van der Waals surface area (Å²) in [6.07, 6.45) is 1.96. The van der Waals surface area contributed by atoms with Gasteiger partial charge in [0.15, 0.2) is 0 Å². The molecular weight excluding hydrogens is 184 g/mol. The van der Waals surface area contributed by atoms with E-state index in [2.05, 4.69) is 39.0 Å². The molecular formula is C14H20O. The van der Waals surface area contributed by atoms with Gasteiger partial charge in [0.05, 0.1) is 6.10 Å². The SMILES string of the molecule is CCC1C(O)CC1c1ccc(C)c(C)c1. The maximum atomic E-state index is 9.66. The monoisotopic (exact) mass is 204 g/mol. The smallest absolute Gasteiger partial charge is 0.0580 e. The first-order valence-corrected chi connectivity index (χ1v) is 5.88. The molecule has 0 saturated heterocycles. The van der Waals surface area contributed by atoms with E-state index in [0.29, 0.717) is 11.8 Å². The fourth-order valence-corrected chi connectivity index (χ4v) is 2.62. The van der Waals surface area contributed by atoms with Crippen LogP contribution in [0, 0.1) is 19.8 Å². The predicted octanol–water partition coefficient (Wildman–Crippen LogP) is 3.18. The molecule has 0 aromatic heterocycles. The Labute approximate surface area is 92.1 Å². The maximum absolute atomic E-state index is 9.66.